The minimum atomic E-state index is -0.673. The lowest BCUT2D eigenvalue weighted by Crippen LogP contribution is -2.31. The van der Waals surface area contributed by atoms with E-state index in [4.69, 9.17) is 11.0 Å². The van der Waals surface area contributed by atoms with Crippen LogP contribution >= 0.6 is 0 Å². The Labute approximate surface area is 100 Å². The van der Waals surface area contributed by atoms with Gasteiger partial charge in [-0.05, 0) is 19.1 Å². The number of likely N-dealkylation sites (N-methyl/N-ethyl adjacent to an activating group) is 1. The van der Waals surface area contributed by atoms with Gasteiger partial charge in [0, 0.05) is 18.3 Å². The smallest absolute Gasteiger partial charge is 0.236 e. The van der Waals surface area contributed by atoms with Crippen LogP contribution in [0.2, 0.25) is 0 Å². The van der Waals surface area contributed by atoms with Crippen molar-refractivity contribution in [2.24, 2.45) is 5.73 Å². The van der Waals surface area contributed by atoms with E-state index in [1.54, 1.807) is 37.1 Å². The third-order valence-corrected chi connectivity index (χ3v) is 2.41. The number of carbonyl (C=O) groups excluding carboxylic acids is 1. The Morgan fingerprint density at radius 2 is 2.29 bits per heavy atom. The molecule has 0 aliphatic heterocycles. The lowest BCUT2D eigenvalue weighted by atomic mass is 10.0. The first-order valence-corrected chi connectivity index (χ1v) is 5.17. The van der Waals surface area contributed by atoms with Gasteiger partial charge in [0.2, 0.25) is 5.91 Å². The number of primary amides is 1. The third-order valence-electron chi connectivity index (χ3n) is 2.41. The summed E-state index contributed by atoms with van der Waals surface area (Å²) in [6, 6.07) is 6.95. The Morgan fingerprint density at radius 1 is 1.65 bits per heavy atom. The lowest BCUT2D eigenvalue weighted by molar-refractivity contribution is -0.116. The molecule has 0 aliphatic carbocycles. The van der Waals surface area contributed by atoms with Crippen LogP contribution < -0.4 is 10.6 Å². The Morgan fingerprint density at radius 3 is 2.76 bits per heavy atom. The average Bonchev–Trinajstić information content (AvgIpc) is 2.27. The first kappa shape index (κ1) is 13.0. The zero-order valence-electron chi connectivity index (χ0n) is 9.84. The monoisotopic (exact) mass is 233 g/mol. The van der Waals surface area contributed by atoms with E-state index in [-0.39, 0.29) is 6.54 Å². The Balaban J connectivity index is 3.18. The predicted octanol–water partition coefficient (Wildman–Crippen LogP) is 0.533. The van der Waals surface area contributed by atoms with Gasteiger partial charge in [-0.25, -0.2) is 0 Å². The molecule has 0 bridgehead atoms. The summed E-state index contributed by atoms with van der Waals surface area (Å²) in [4.78, 5) is 12.5. The van der Waals surface area contributed by atoms with Gasteiger partial charge < -0.3 is 15.7 Å². The zero-order chi connectivity index (χ0) is 13.0. The second-order valence-electron chi connectivity index (χ2n) is 3.88. The fourth-order valence-electron chi connectivity index (χ4n) is 1.62. The summed E-state index contributed by atoms with van der Waals surface area (Å²) < 4.78 is 0. The van der Waals surface area contributed by atoms with Gasteiger partial charge in [-0.15, -0.1) is 0 Å². The third kappa shape index (κ3) is 3.20. The van der Waals surface area contributed by atoms with Crippen molar-refractivity contribution in [3.05, 3.63) is 29.3 Å². The molecule has 0 heterocycles. The number of carbonyl (C=O) groups is 1. The van der Waals surface area contributed by atoms with Gasteiger partial charge in [0.05, 0.1) is 24.3 Å². The van der Waals surface area contributed by atoms with Gasteiger partial charge in [0.25, 0.3) is 0 Å². The topological polar surface area (TPSA) is 90.3 Å². The highest BCUT2D eigenvalue weighted by atomic mass is 16.3. The molecule has 90 valence electrons. The Kier molecular flexibility index (Phi) is 4.07. The summed E-state index contributed by atoms with van der Waals surface area (Å²) in [5.41, 5.74) is 6.89. The van der Waals surface area contributed by atoms with Crippen LogP contribution in [0, 0.1) is 11.3 Å². The number of nitriles is 1. The molecule has 1 amide bonds. The van der Waals surface area contributed by atoms with Crippen molar-refractivity contribution in [1.29, 1.82) is 5.26 Å². The number of rotatable bonds is 4. The number of hydrogen-bond donors (Lipinski definition) is 2. The molecule has 1 atom stereocenters. The van der Waals surface area contributed by atoms with Crippen molar-refractivity contribution in [1.82, 2.24) is 0 Å². The number of amides is 1. The minimum Gasteiger partial charge on any atom is -0.389 e. The summed E-state index contributed by atoms with van der Waals surface area (Å²) >= 11 is 0. The quantitative estimate of drug-likeness (QED) is 0.793. The van der Waals surface area contributed by atoms with Gasteiger partial charge in [-0.2, -0.15) is 5.26 Å². The van der Waals surface area contributed by atoms with Crippen molar-refractivity contribution < 1.29 is 9.90 Å². The second kappa shape index (κ2) is 5.32. The van der Waals surface area contributed by atoms with Gasteiger partial charge in [-0.3, -0.25) is 4.79 Å². The maximum atomic E-state index is 10.9. The summed E-state index contributed by atoms with van der Waals surface area (Å²) in [6.07, 6.45) is -0.673. The summed E-state index contributed by atoms with van der Waals surface area (Å²) in [5, 5.41) is 18.5. The number of nitrogens with two attached hydrogens (primary N) is 1. The molecule has 0 spiro atoms. The summed E-state index contributed by atoms with van der Waals surface area (Å²) in [6.45, 7) is 1.66. The van der Waals surface area contributed by atoms with Crippen LogP contribution in [0.25, 0.3) is 0 Å². The highest BCUT2D eigenvalue weighted by molar-refractivity contribution is 5.80. The second-order valence-corrected chi connectivity index (χ2v) is 3.88. The van der Waals surface area contributed by atoms with Crippen LogP contribution in [0.5, 0.6) is 0 Å². The molecule has 1 aromatic rings. The Bertz CT molecular complexity index is 463. The highest BCUT2D eigenvalue weighted by Gasteiger charge is 2.13. The molecule has 0 aliphatic rings. The molecule has 0 saturated heterocycles. The largest absolute Gasteiger partial charge is 0.389 e. The van der Waals surface area contributed by atoms with Gasteiger partial charge >= 0.3 is 0 Å². The Hall–Kier alpha value is -2.06. The van der Waals surface area contributed by atoms with Crippen LogP contribution in [-0.2, 0) is 4.79 Å². The number of nitrogens with zero attached hydrogens (tertiary/aromatic N) is 2. The first-order chi connectivity index (χ1) is 7.95. The average molecular weight is 233 g/mol. The summed E-state index contributed by atoms with van der Waals surface area (Å²) in [7, 11) is 1.69. The van der Waals surface area contributed by atoms with Crippen LogP contribution in [0.1, 0.15) is 24.2 Å². The van der Waals surface area contributed by atoms with E-state index in [1.807, 2.05) is 6.07 Å². The molecule has 0 aromatic heterocycles. The molecular weight excluding hydrogens is 218 g/mol. The molecular formula is C12H15N3O2. The van der Waals surface area contributed by atoms with Gasteiger partial charge in [-0.1, -0.05) is 6.07 Å². The van der Waals surface area contributed by atoms with Gasteiger partial charge in [0.1, 0.15) is 0 Å². The van der Waals surface area contributed by atoms with E-state index in [0.29, 0.717) is 16.8 Å². The van der Waals surface area contributed by atoms with Crippen molar-refractivity contribution in [3.63, 3.8) is 0 Å². The number of aliphatic hydroxyl groups excluding tert-OH is 1. The van der Waals surface area contributed by atoms with Crippen LogP contribution in [0.3, 0.4) is 0 Å². The predicted molar refractivity (Wildman–Crippen MR) is 64.3 cm³/mol. The maximum Gasteiger partial charge on any atom is 0.236 e. The molecule has 0 radical (unpaired) electrons. The van der Waals surface area contributed by atoms with Crippen LogP contribution in [0.4, 0.5) is 5.69 Å². The SMILES string of the molecule is CC(O)c1ccc(C#N)cc1N(C)CC(N)=O. The standard InChI is InChI=1S/C12H15N3O2/c1-8(16)10-4-3-9(6-13)5-11(10)15(2)7-12(14)17/h3-5,8,16H,7H2,1-2H3,(H2,14,17). The van der Waals surface area contributed by atoms with Crippen LogP contribution in [-0.4, -0.2) is 24.6 Å². The minimum absolute atomic E-state index is 0.0363. The molecule has 5 heteroatoms. The lowest BCUT2D eigenvalue weighted by Gasteiger charge is -2.22. The molecule has 1 rings (SSSR count). The van der Waals surface area contributed by atoms with E-state index >= 15 is 0 Å². The molecule has 17 heavy (non-hydrogen) atoms. The van der Waals surface area contributed by atoms with E-state index in [2.05, 4.69) is 0 Å². The summed E-state index contributed by atoms with van der Waals surface area (Å²) in [5.74, 6) is -0.466. The number of aliphatic hydroxyl groups is 1. The fourth-order valence-corrected chi connectivity index (χ4v) is 1.62. The normalized spacial score (nSPS) is 11.6. The van der Waals surface area contributed by atoms with Crippen LogP contribution in [0.15, 0.2) is 18.2 Å². The molecule has 1 unspecified atom stereocenters. The fraction of sp³-hybridized carbons (Fsp3) is 0.333. The highest BCUT2D eigenvalue weighted by Crippen LogP contribution is 2.26. The molecule has 3 N–H and O–H groups in total. The molecule has 0 fully saturated rings. The molecule has 1 aromatic carbocycles. The zero-order valence-corrected chi connectivity index (χ0v) is 9.84. The first-order valence-electron chi connectivity index (χ1n) is 5.17. The van der Waals surface area contributed by atoms with E-state index < -0.39 is 12.0 Å². The number of hydrogen-bond acceptors (Lipinski definition) is 4. The van der Waals surface area contributed by atoms with E-state index in [9.17, 15) is 9.90 Å². The maximum absolute atomic E-state index is 10.9. The molecule has 5 nitrogen and oxygen atoms in total. The van der Waals surface area contributed by atoms with Gasteiger partial charge in [0.15, 0.2) is 0 Å². The van der Waals surface area contributed by atoms with E-state index in [1.165, 1.54) is 0 Å². The van der Waals surface area contributed by atoms with Crippen molar-refractivity contribution in [3.8, 4) is 6.07 Å². The number of anilines is 1. The van der Waals surface area contributed by atoms with Crippen molar-refractivity contribution >= 4 is 11.6 Å². The molecule has 0 saturated carbocycles. The van der Waals surface area contributed by atoms with E-state index in [0.717, 1.165) is 0 Å². The van der Waals surface area contributed by atoms with Crippen molar-refractivity contribution in [2.75, 3.05) is 18.5 Å². The number of benzene rings is 1. The van der Waals surface area contributed by atoms with Crippen molar-refractivity contribution in [2.45, 2.75) is 13.0 Å².